The van der Waals surface area contributed by atoms with Crippen molar-refractivity contribution >= 4 is 22.6 Å². The number of ether oxygens (including phenoxy) is 1. The fourth-order valence-electron chi connectivity index (χ4n) is 0.728. The zero-order chi connectivity index (χ0) is 6.04. The quantitative estimate of drug-likeness (QED) is 0.524. The summed E-state index contributed by atoms with van der Waals surface area (Å²) in [4.78, 5) is 0. The molecule has 0 spiro atoms. The molecule has 0 amide bonds. The summed E-state index contributed by atoms with van der Waals surface area (Å²) in [6.07, 6.45) is 1.02. The minimum absolute atomic E-state index is 0.000556. The Bertz CT molecular complexity index is 80.5. The van der Waals surface area contributed by atoms with Crippen LogP contribution >= 0.6 is 22.6 Å². The number of hydrogen-bond donors (Lipinski definition) is 1. The predicted octanol–water partition coefficient (Wildman–Crippen LogP) is 0.539. The monoisotopic (exact) mass is 227 g/mol. The van der Waals surface area contributed by atoms with Gasteiger partial charge in [-0.25, -0.2) is 0 Å². The average molecular weight is 227 g/mol. The van der Waals surface area contributed by atoms with Crippen molar-refractivity contribution in [3.8, 4) is 0 Å². The van der Waals surface area contributed by atoms with E-state index < -0.39 is 0 Å². The van der Waals surface area contributed by atoms with E-state index in [-0.39, 0.29) is 5.54 Å². The standard InChI is InChI=1S/C5H10INO/c6-3-5(7)1-2-8-4-5/h1-4,7H2. The number of hydrogen-bond acceptors (Lipinski definition) is 2. The van der Waals surface area contributed by atoms with Crippen LogP contribution in [0.1, 0.15) is 6.42 Å². The molecule has 8 heavy (non-hydrogen) atoms. The Morgan fingerprint density at radius 3 is 2.75 bits per heavy atom. The highest BCUT2D eigenvalue weighted by Crippen LogP contribution is 2.17. The van der Waals surface area contributed by atoms with Crippen LogP contribution in [0.25, 0.3) is 0 Å². The zero-order valence-corrected chi connectivity index (χ0v) is 6.85. The van der Waals surface area contributed by atoms with Gasteiger partial charge < -0.3 is 10.5 Å². The van der Waals surface area contributed by atoms with Gasteiger partial charge in [0.15, 0.2) is 0 Å². The molecule has 0 aromatic carbocycles. The first kappa shape index (κ1) is 6.77. The summed E-state index contributed by atoms with van der Waals surface area (Å²) in [5.74, 6) is 0. The Labute approximate surface area is 62.9 Å². The molecule has 1 unspecified atom stereocenters. The molecule has 1 aliphatic rings. The summed E-state index contributed by atoms with van der Waals surface area (Å²) in [5.41, 5.74) is 5.83. The predicted molar refractivity (Wildman–Crippen MR) is 41.2 cm³/mol. The van der Waals surface area contributed by atoms with Crippen molar-refractivity contribution in [1.29, 1.82) is 0 Å². The van der Waals surface area contributed by atoms with Crippen LogP contribution in [0.4, 0.5) is 0 Å². The van der Waals surface area contributed by atoms with Gasteiger partial charge in [0.2, 0.25) is 0 Å². The lowest BCUT2D eigenvalue weighted by Crippen LogP contribution is -2.41. The topological polar surface area (TPSA) is 35.2 Å². The molecule has 0 bridgehead atoms. The van der Waals surface area contributed by atoms with E-state index in [2.05, 4.69) is 22.6 Å². The van der Waals surface area contributed by atoms with Crippen molar-refractivity contribution < 1.29 is 4.74 Å². The van der Waals surface area contributed by atoms with Gasteiger partial charge in [0.1, 0.15) is 0 Å². The Balaban J connectivity index is 2.40. The molecular formula is C5H10INO. The van der Waals surface area contributed by atoms with Crippen molar-refractivity contribution in [3.05, 3.63) is 0 Å². The molecule has 48 valence electrons. The van der Waals surface area contributed by atoms with Crippen LogP contribution < -0.4 is 5.73 Å². The molecule has 1 saturated heterocycles. The minimum Gasteiger partial charge on any atom is -0.379 e. The average Bonchev–Trinajstić information content (AvgIpc) is 2.17. The minimum atomic E-state index is 0.000556. The molecule has 0 saturated carbocycles. The van der Waals surface area contributed by atoms with Crippen LogP contribution in [-0.2, 0) is 4.74 Å². The maximum atomic E-state index is 5.83. The van der Waals surface area contributed by atoms with E-state index in [4.69, 9.17) is 10.5 Å². The van der Waals surface area contributed by atoms with Gasteiger partial charge in [0.05, 0.1) is 12.1 Å². The molecule has 0 radical (unpaired) electrons. The van der Waals surface area contributed by atoms with E-state index in [9.17, 15) is 0 Å². The summed E-state index contributed by atoms with van der Waals surface area (Å²) in [7, 11) is 0. The largest absolute Gasteiger partial charge is 0.379 e. The van der Waals surface area contributed by atoms with Gasteiger partial charge in [-0.05, 0) is 6.42 Å². The second-order valence-corrected chi connectivity index (χ2v) is 3.06. The molecule has 0 aromatic rings. The van der Waals surface area contributed by atoms with Crippen LogP contribution in [0, 0.1) is 0 Å². The molecule has 0 aromatic heterocycles. The molecule has 1 rings (SSSR count). The Hall–Kier alpha value is 0.650. The first-order valence-corrected chi connectivity index (χ1v) is 4.22. The zero-order valence-electron chi connectivity index (χ0n) is 4.69. The van der Waals surface area contributed by atoms with E-state index in [0.717, 1.165) is 24.1 Å². The normalized spacial score (nSPS) is 38.2. The van der Waals surface area contributed by atoms with Gasteiger partial charge in [0.25, 0.3) is 0 Å². The van der Waals surface area contributed by atoms with E-state index in [1.54, 1.807) is 0 Å². The second kappa shape index (κ2) is 2.49. The van der Waals surface area contributed by atoms with Crippen LogP contribution in [0.15, 0.2) is 0 Å². The van der Waals surface area contributed by atoms with E-state index in [0.29, 0.717) is 0 Å². The van der Waals surface area contributed by atoms with Gasteiger partial charge in [-0.3, -0.25) is 0 Å². The lowest BCUT2D eigenvalue weighted by molar-refractivity contribution is 0.183. The third kappa shape index (κ3) is 1.33. The molecule has 1 atom stereocenters. The molecule has 2 N–H and O–H groups in total. The smallest absolute Gasteiger partial charge is 0.0654 e. The maximum absolute atomic E-state index is 5.83. The van der Waals surface area contributed by atoms with Crippen LogP contribution in [0.5, 0.6) is 0 Å². The number of rotatable bonds is 1. The van der Waals surface area contributed by atoms with Crippen molar-refractivity contribution in [2.75, 3.05) is 17.6 Å². The highest BCUT2D eigenvalue weighted by Gasteiger charge is 2.28. The number of halogens is 1. The third-order valence-electron chi connectivity index (χ3n) is 1.40. The van der Waals surface area contributed by atoms with E-state index in [1.807, 2.05) is 0 Å². The number of nitrogens with two attached hydrogens (primary N) is 1. The van der Waals surface area contributed by atoms with Crippen molar-refractivity contribution in [2.45, 2.75) is 12.0 Å². The highest BCUT2D eigenvalue weighted by molar-refractivity contribution is 14.1. The summed E-state index contributed by atoms with van der Waals surface area (Å²) in [5, 5.41) is 0. The Kier molecular flexibility index (Phi) is 2.11. The third-order valence-corrected chi connectivity index (χ3v) is 2.92. The highest BCUT2D eigenvalue weighted by atomic mass is 127. The van der Waals surface area contributed by atoms with Gasteiger partial charge in [-0.15, -0.1) is 0 Å². The summed E-state index contributed by atoms with van der Waals surface area (Å²) < 4.78 is 6.13. The van der Waals surface area contributed by atoms with Gasteiger partial charge in [-0.2, -0.15) is 0 Å². The SMILES string of the molecule is NC1(CI)CCOC1. The Morgan fingerprint density at radius 1 is 1.75 bits per heavy atom. The molecule has 1 fully saturated rings. The van der Waals surface area contributed by atoms with Crippen molar-refractivity contribution in [1.82, 2.24) is 0 Å². The van der Waals surface area contributed by atoms with Gasteiger partial charge in [0, 0.05) is 11.0 Å². The van der Waals surface area contributed by atoms with Crippen molar-refractivity contribution in [3.63, 3.8) is 0 Å². The van der Waals surface area contributed by atoms with E-state index >= 15 is 0 Å². The van der Waals surface area contributed by atoms with Crippen molar-refractivity contribution in [2.24, 2.45) is 5.73 Å². The fraction of sp³-hybridized carbons (Fsp3) is 1.00. The van der Waals surface area contributed by atoms with E-state index in [1.165, 1.54) is 0 Å². The van der Waals surface area contributed by atoms with Gasteiger partial charge >= 0.3 is 0 Å². The van der Waals surface area contributed by atoms with Gasteiger partial charge in [-0.1, -0.05) is 22.6 Å². The summed E-state index contributed by atoms with van der Waals surface area (Å²) >= 11 is 2.30. The lowest BCUT2D eigenvalue weighted by atomic mass is 10.0. The molecular weight excluding hydrogens is 217 g/mol. The summed E-state index contributed by atoms with van der Waals surface area (Å²) in [6.45, 7) is 1.59. The van der Waals surface area contributed by atoms with Crippen LogP contribution in [0.2, 0.25) is 0 Å². The fourth-order valence-corrected chi connectivity index (χ4v) is 1.33. The first-order valence-electron chi connectivity index (χ1n) is 2.69. The molecule has 1 aliphatic heterocycles. The maximum Gasteiger partial charge on any atom is 0.0654 e. The van der Waals surface area contributed by atoms with Crippen LogP contribution in [-0.4, -0.2) is 23.2 Å². The Morgan fingerprint density at radius 2 is 2.50 bits per heavy atom. The first-order chi connectivity index (χ1) is 3.77. The molecule has 0 aliphatic carbocycles. The molecule has 3 heteroatoms. The molecule has 1 heterocycles. The summed E-state index contributed by atoms with van der Waals surface area (Å²) in [6, 6.07) is 0. The number of alkyl halides is 1. The lowest BCUT2D eigenvalue weighted by Gasteiger charge is -2.16. The van der Waals surface area contributed by atoms with Crippen LogP contribution in [0.3, 0.4) is 0 Å². The second-order valence-electron chi connectivity index (χ2n) is 2.30. The molecule has 2 nitrogen and oxygen atoms in total.